The maximum atomic E-state index is 13.5. The molecule has 2 unspecified atom stereocenters. The Bertz CT molecular complexity index is 578. The van der Waals surface area contributed by atoms with Gasteiger partial charge in [0.25, 0.3) is 0 Å². The molecule has 0 aromatic rings. The molecule has 31 heavy (non-hydrogen) atoms. The maximum Gasteiger partial charge on any atom is 0.229 e. The molecule has 0 aromatic carbocycles. The molecule has 2 aliphatic carbocycles. The molecule has 3 rings (SSSR count). The first-order chi connectivity index (χ1) is 15.0. The zero-order valence-electron chi connectivity index (χ0n) is 18.7. The Labute approximate surface area is 184 Å². The van der Waals surface area contributed by atoms with Crippen LogP contribution in [0.2, 0.25) is 0 Å². The van der Waals surface area contributed by atoms with E-state index >= 15 is 0 Å². The molecule has 0 aromatic heterocycles. The van der Waals surface area contributed by atoms with Crippen LogP contribution in [0.3, 0.4) is 0 Å². The molecule has 1 heterocycles. The van der Waals surface area contributed by atoms with Crippen LogP contribution in [0.5, 0.6) is 0 Å². The quantitative estimate of drug-likeness (QED) is 0.263. The van der Waals surface area contributed by atoms with E-state index in [2.05, 4.69) is 26.5 Å². The minimum Gasteiger partial charge on any atom is -0.382 e. The summed E-state index contributed by atoms with van der Waals surface area (Å²) in [6.45, 7) is 3.80. The van der Waals surface area contributed by atoms with Gasteiger partial charge >= 0.3 is 0 Å². The van der Waals surface area contributed by atoms with E-state index in [4.69, 9.17) is 4.74 Å². The van der Waals surface area contributed by atoms with Gasteiger partial charge in [-0.15, -0.1) is 0 Å². The summed E-state index contributed by atoms with van der Waals surface area (Å²) in [4.78, 5) is 17.3. The molecule has 0 radical (unpaired) electrons. The second-order valence-corrected chi connectivity index (χ2v) is 9.06. The molecule has 4 N–H and O–H groups in total. The van der Waals surface area contributed by atoms with Crippen LogP contribution in [0.1, 0.15) is 71.1 Å². The first kappa shape index (κ1) is 24.3. The van der Waals surface area contributed by atoms with Crippen LogP contribution < -0.4 is 21.5 Å². The predicted molar refractivity (Wildman–Crippen MR) is 117 cm³/mol. The van der Waals surface area contributed by atoms with Crippen molar-refractivity contribution in [2.45, 2.75) is 95.7 Å². The number of amides is 1. The highest BCUT2D eigenvalue weighted by atomic mass is 19.1. The Morgan fingerprint density at radius 2 is 1.71 bits per heavy atom. The molecule has 3 fully saturated rings. The van der Waals surface area contributed by atoms with Gasteiger partial charge in [0, 0.05) is 31.7 Å². The van der Waals surface area contributed by atoms with Crippen LogP contribution in [-0.2, 0) is 9.53 Å². The fourth-order valence-corrected chi connectivity index (χ4v) is 4.79. The summed E-state index contributed by atoms with van der Waals surface area (Å²) in [6.07, 6.45) is 5.24. The number of carbonyl (C=O) groups excluding carboxylic acids is 1. The standard InChI is InChI=1S/C22H39F2N5O2/c1-2-31-13-3-12-25-22(27-21(30)16-6-10-18(24)11-7-16)26-20-14-19(28-29-20)15-4-8-17(23)9-5-15/h15-20,28-29H,2-14H2,1H3,(H2,25,26,27,30). The number of aliphatic imine (C=N–C) groups is 1. The van der Waals surface area contributed by atoms with Crippen molar-refractivity contribution < 1.29 is 18.3 Å². The SMILES string of the molecule is CCOCCCN=C(NC(=O)C1CCC(F)CC1)NC1CC(C2CCC(F)CC2)NN1. The number of nitrogens with one attached hydrogen (secondary N) is 4. The van der Waals surface area contributed by atoms with Crippen molar-refractivity contribution in [3.05, 3.63) is 0 Å². The zero-order valence-corrected chi connectivity index (χ0v) is 18.7. The number of guanidine groups is 1. The van der Waals surface area contributed by atoms with Crippen molar-refractivity contribution in [3.8, 4) is 0 Å². The number of nitrogens with zero attached hydrogens (tertiary/aromatic N) is 1. The van der Waals surface area contributed by atoms with Crippen LogP contribution >= 0.6 is 0 Å². The van der Waals surface area contributed by atoms with Gasteiger partial charge in [0.05, 0.1) is 6.17 Å². The Kier molecular flexibility index (Phi) is 9.93. The van der Waals surface area contributed by atoms with Gasteiger partial charge in [-0.05, 0) is 77.0 Å². The molecule has 1 amide bonds. The lowest BCUT2D eigenvalue weighted by Gasteiger charge is -2.28. The van der Waals surface area contributed by atoms with Gasteiger partial charge in [0.1, 0.15) is 12.3 Å². The molecule has 7 nitrogen and oxygen atoms in total. The minimum atomic E-state index is -0.785. The monoisotopic (exact) mass is 443 g/mol. The lowest BCUT2D eigenvalue weighted by atomic mass is 9.82. The number of alkyl halides is 2. The third-order valence-corrected chi connectivity index (χ3v) is 6.70. The van der Waals surface area contributed by atoms with Crippen molar-refractivity contribution in [1.82, 2.24) is 21.5 Å². The number of hydrogen-bond acceptors (Lipinski definition) is 5. The van der Waals surface area contributed by atoms with Crippen molar-refractivity contribution in [1.29, 1.82) is 0 Å². The van der Waals surface area contributed by atoms with Gasteiger partial charge in [-0.2, -0.15) is 0 Å². The molecule has 0 bridgehead atoms. The highest BCUT2D eigenvalue weighted by Gasteiger charge is 2.34. The van der Waals surface area contributed by atoms with E-state index in [0.717, 1.165) is 25.7 Å². The van der Waals surface area contributed by atoms with E-state index in [9.17, 15) is 13.6 Å². The Balaban J connectivity index is 1.51. The fourth-order valence-electron chi connectivity index (χ4n) is 4.79. The predicted octanol–water partition coefficient (Wildman–Crippen LogP) is 2.72. The summed E-state index contributed by atoms with van der Waals surface area (Å²) in [7, 11) is 0. The molecule has 1 saturated heterocycles. The number of carbonyl (C=O) groups is 1. The van der Waals surface area contributed by atoms with Gasteiger partial charge < -0.3 is 10.1 Å². The van der Waals surface area contributed by atoms with Crippen LogP contribution in [0, 0.1) is 11.8 Å². The average Bonchev–Trinajstić information content (AvgIpc) is 3.23. The smallest absolute Gasteiger partial charge is 0.229 e. The molecule has 3 aliphatic rings. The summed E-state index contributed by atoms with van der Waals surface area (Å²) in [5, 5.41) is 6.26. The summed E-state index contributed by atoms with van der Waals surface area (Å²) < 4.78 is 32.2. The van der Waals surface area contributed by atoms with Gasteiger partial charge in [0.15, 0.2) is 5.96 Å². The second-order valence-electron chi connectivity index (χ2n) is 9.06. The summed E-state index contributed by atoms with van der Waals surface area (Å²) >= 11 is 0. The molecule has 2 atom stereocenters. The Hall–Kier alpha value is -1.32. The molecule has 2 saturated carbocycles. The van der Waals surface area contributed by atoms with E-state index in [0.29, 0.717) is 70.2 Å². The lowest BCUT2D eigenvalue weighted by molar-refractivity contribution is -0.124. The van der Waals surface area contributed by atoms with Crippen molar-refractivity contribution >= 4 is 11.9 Å². The van der Waals surface area contributed by atoms with Gasteiger partial charge in [-0.1, -0.05) is 0 Å². The number of halogens is 2. The van der Waals surface area contributed by atoms with E-state index in [-0.39, 0.29) is 24.0 Å². The Morgan fingerprint density at radius 3 is 2.39 bits per heavy atom. The van der Waals surface area contributed by atoms with Crippen LogP contribution in [0.4, 0.5) is 8.78 Å². The van der Waals surface area contributed by atoms with E-state index < -0.39 is 12.3 Å². The van der Waals surface area contributed by atoms with Crippen LogP contribution in [0.25, 0.3) is 0 Å². The van der Waals surface area contributed by atoms with E-state index in [1.807, 2.05) is 6.92 Å². The molecule has 9 heteroatoms. The topological polar surface area (TPSA) is 86.8 Å². The Morgan fingerprint density at radius 1 is 1.03 bits per heavy atom. The molecule has 1 aliphatic heterocycles. The number of hydrazine groups is 1. The van der Waals surface area contributed by atoms with E-state index in [1.54, 1.807) is 0 Å². The largest absolute Gasteiger partial charge is 0.382 e. The summed E-state index contributed by atoms with van der Waals surface area (Å²) in [6, 6.07) is 0.278. The average molecular weight is 444 g/mol. The molecular formula is C22H39F2N5O2. The van der Waals surface area contributed by atoms with Crippen molar-refractivity contribution in [3.63, 3.8) is 0 Å². The van der Waals surface area contributed by atoms with Gasteiger partial charge in [0.2, 0.25) is 5.91 Å². The first-order valence-corrected chi connectivity index (χ1v) is 12.0. The van der Waals surface area contributed by atoms with Gasteiger partial charge in [-0.3, -0.25) is 20.5 Å². The van der Waals surface area contributed by atoms with Crippen molar-refractivity contribution in [2.75, 3.05) is 19.8 Å². The van der Waals surface area contributed by atoms with Crippen LogP contribution in [-0.4, -0.2) is 56.2 Å². The zero-order chi connectivity index (χ0) is 22.1. The number of rotatable bonds is 8. The van der Waals surface area contributed by atoms with Crippen LogP contribution in [0.15, 0.2) is 4.99 Å². The summed E-state index contributed by atoms with van der Waals surface area (Å²) in [5.41, 5.74) is 6.59. The highest BCUT2D eigenvalue weighted by molar-refractivity contribution is 5.98. The van der Waals surface area contributed by atoms with Crippen molar-refractivity contribution in [2.24, 2.45) is 16.8 Å². The minimum absolute atomic E-state index is 0.0689. The second kappa shape index (κ2) is 12.6. The third-order valence-electron chi connectivity index (χ3n) is 6.70. The lowest BCUT2D eigenvalue weighted by Crippen LogP contribution is -2.52. The molecule has 178 valence electrons. The summed E-state index contributed by atoms with van der Waals surface area (Å²) in [5.74, 6) is 0.659. The number of ether oxygens (including phenoxy) is 1. The normalized spacial score (nSPS) is 34.5. The van der Waals surface area contributed by atoms with Gasteiger partial charge in [-0.25, -0.2) is 14.2 Å². The fraction of sp³-hybridized carbons (Fsp3) is 0.909. The first-order valence-electron chi connectivity index (χ1n) is 12.0. The molecular weight excluding hydrogens is 404 g/mol. The third kappa shape index (κ3) is 7.95. The maximum absolute atomic E-state index is 13.5. The highest BCUT2D eigenvalue weighted by Crippen LogP contribution is 2.31. The van der Waals surface area contributed by atoms with E-state index in [1.165, 1.54) is 0 Å². The molecule has 0 spiro atoms. The number of hydrogen-bond donors (Lipinski definition) is 4.